The summed E-state index contributed by atoms with van der Waals surface area (Å²) >= 11 is 0. The molecule has 1 aromatic carbocycles. The van der Waals surface area contributed by atoms with Gasteiger partial charge in [0.1, 0.15) is 0 Å². The van der Waals surface area contributed by atoms with Crippen LogP contribution in [0.3, 0.4) is 0 Å². The molecular weight excluding hydrogens is 224 g/mol. The van der Waals surface area contributed by atoms with Crippen LogP contribution in [0.15, 0.2) is 24.3 Å². The molecule has 2 N–H and O–H groups in total. The largest absolute Gasteiger partial charge is 0.334 e. The van der Waals surface area contributed by atoms with Crippen LogP contribution < -0.4 is 10.6 Å². The van der Waals surface area contributed by atoms with Crippen LogP contribution in [0.5, 0.6) is 0 Å². The van der Waals surface area contributed by atoms with Gasteiger partial charge in [-0.05, 0) is 38.3 Å². The number of hydrogen-bond acceptors (Lipinski definition) is 1. The highest BCUT2D eigenvalue weighted by Gasteiger charge is 2.12. The highest BCUT2D eigenvalue weighted by molar-refractivity contribution is 5.74. The molecule has 3 heteroatoms. The van der Waals surface area contributed by atoms with Gasteiger partial charge < -0.3 is 10.6 Å². The zero-order valence-corrected chi connectivity index (χ0v) is 11.8. The van der Waals surface area contributed by atoms with Crippen molar-refractivity contribution in [3.8, 4) is 0 Å². The Bertz CT molecular complexity index is 376. The van der Waals surface area contributed by atoms with Gasteiger partial charge in [0.05, 0.1) is 0 Å². The zero-order valence-electron chi connectivity index (χ0n) is 11.8. The summed E-state index contributed by atoms with van der Waals surface area (Å²) in [6, 6.07) is 8.27. The van der Waals surface area contributed by atoms with Gasteiger partial charge in [-0.15, -0.1) is 0 Å². The Kier molecular flexibility index (Phi) is 5.20. The van der Waals surface area contributed by atoms with E-state index in [1.165, 1.54) is 5.56 Å². The third-order valence-electron chi connectivity index (χ3n) is 2.50. The minimum Gasteiger partial charge on any atom is -0.334 e. The van der Waals surface area contributed by atoms with Crippen LogP contribution in [0.1, 0.15) is 45.2 Å². The van der Waals surface area contributed by atoms with Crippen LogP contribution >= 0.6 is 0 Å². The Hall–Kier alpha value is -1.51. The molecule has 1 rings (SSSR count). The summed E-state index contributed by atoms with van der Waals surface area (Å²) in [6.45, 7) is 8.63. The first-order valence-corrected chi connectivity index (χ1v) is 6.54. The van der Waals surface area contributed by atoms with E-state index >= 15 is 0 Å². The van der Waals surface area contributed by atoms with Gasteiger partial charge in [0, 0.05) is 12.1 Å². The Morgan fingerprint density at radius 3 is 2.17 bits per heavy atom. The number of carbonyl (C=O) groups is 1. The number of carbonyl (C=O) groups excluding carboxylic acids is 1. The van der Waals surface area contributed by atoms with Gasteiger partial charge in [0.2, 0.25) is 0 Å². The molecule has 1 aromatic rings. The molecule has 0 aromatic heterocycles. The summed E-state index contributed by atoms with van der Waals surface area (Å²) in [7, 11) is 0. The van der Waals surface area contributed by atoms with Gasteiger partial charge in [-0.25, -0.2) is 4.79 Å². The van der Waals surface area contributed by atoms with E-state index in [2.05, 4.69) is 41.8 Å². The van der Waals surface area contributed by atoms with Crippen LogP contribution in [-0.2, 0) is 13.0 Å². The second-order valence-electron chi connectivity index (χ2n) is 5.62. The molecule has 0 aliphatic heterocycles. The van der Waals surface area contributed by atoms with Crippen LogP contribution in [0.25, 0.3) is 0 Å². The van der Waals surface area contributed by atoms with E-state index in [1.807, 2.05) is 20.8 Å². The number of hydrogen-bond donors (Lipinski definition) is 2. The molecule has 0 atom stereocenters. The fraction of sp³-hybridized carbons (Fsp3) is 0.533. The quantitative estimate of drug-likeness (QED) is 0.844. The first-order valence-electron chi connectivity index (χ1n) is 6.54. The van der Waals surface area contributed by atoms with Gasteiger partial charge in [-0.1, -0.05) is 37.6 Å². The second kappa shape index (κ2) is 6.43. The van der Waals surface area contributed by atoms with Crippen molar-refractivity contribution in [2.24, 2.45) is 0 Å². The standard InChI is InChI=1S/C15H24N2O/c1-5-6-12-7-9-13(10-8-12)11-16-14(18)17-15(2,3)4/h7-10H,5-6,11H2,1-4H3,(H2,16,17,18). The van der Waals surface area contributed by atoms with Crippen LogP contribution in [0.4, 0.5) is 4.79 Å². The zero-order chi connectivity index (χ0) is 13.6. The van der Waals surface area contributed by atoms with E-state index in [-0.39, 0.29) is 11.6 Å². The molecule has 0 aliphatic carbocycles. The van der Waals surface area contributed by atoms with Crippen molar-refractivity contribution in [2.75, 3.05) is 0 Å². The molecule has 0 spiro atoms. The molecule has 100 valence electrons. The second-order valence-corrected chi connectivity index (χ2v) is 5.62. The lowest BCUT2D eigenvalue weighted by atomic mass is 10.1. The first kappa shape index (κ1) is 14.6. The summed E-state index contributed by atoms with van der Waals surface area (Å²) in [4.78, 5) is 11.6. The fourth-order valence-corrected chi connectivity index (χ4v) is 1.68. The molecule has 0 saturated heterocycles. The smallest absolute Gasteiger partial charge is 0.315 e. The van der Waals surface area contributed by atoms with Gasteiger partial charge in [0.25, 0.3) is 0 Å². The van der Waals surface area contributed by atoms with Crippen molar-refractivity contribution in [2.45, 2.75) is 52.6 Å². The number of nitrogens with one attached hydrogen (secondary N) is 2. The maximum Gasteiger partial charge on any atom is 0.315 e. The van der Waals surface area contributed by atoms with E-state index in [0.717, 1.165) is 18.4 Å². The number of urea groups is 1. The summed E-state index contributed by atoms with van der Waals surface area (Å²) in [6.07, 6.45) is 2.27. The summed E-state index contributed by atoms with van der Waals surface area (Å²) < 4.78 is 0. The Morgan fingerprint density at radius 1 is 1.11 bits per heavy atom. The Morgan fingerprint density at radius 2 is 1.67 bits per heavy atom. The van der Waals surface area contributed by atoms with E-state index in [4.69, 9.17) is 0 Å². The van der Waals surface area contributed by atoms with Gasteiger partial charge in [-0.2, -0.15) is 0 Å². The van der Waals surface area contributed by atoms with Crippen molar-refractivity contribution in [3.05, 3.63) is 35.4 Å². The minimum atomic E-state index is -0.199. The highest BCUT2D eigenvalue weighted by atomic mass is 16.2. The van der Waals surface area contributed by atoms with Crippen molar-refractivity contribution in [3.63, 3.8) is 0 Å². The van der Waals surface area contributed by atoms with Crippen molar-refractivity contribution < 1.29 is 4.79 Å². The lowest BCUT2D eigenvalue weighted by molar-refractivity contribution is 0.231. The predicted molar refractivity (Wildman–Crippen MR) is 75.6 cm³/mol. The topological polar surface area (TPSA) is 41.1 Å². The average Bonchev–Trinajstić information content (AvgIpc) is 2.26. The van der Waals surface area contributed by atoms with Crippen LogP contribution in [0.2, 0.25) is 0 Å². The molecule has 0 radical (unpaired) electrons. The molecule has 0 fully saturated rings. The number of amides is 2. The summed E-state index contributed by atoms with van der Waals surface area (Å²) in [5, 5.41) is 5.73. The molecule has 0 unspecified atom stereocenters. The maximum absolute atomic E-state index is 11.6. The normalized spacial score (nSPS) is 11.1. The lowest BCUT2D eigenvalue weighted by Crippen LogP contribution is -2.46. The number of benzene rings is 1. The molecular formula is C15H24N2O. The van der Waals surface area contributed by atoms with Crippen molar-refractivity contribution in [1.29, 1.82) is 0 Å². The number of aryl methyl sites for hydroxylation is 1. The van der Waals surface area contributed by atoms with Crippen molar-refractivity contribution in [1.82, 2.24) is 10.6 Å². The molecule has 0 aliphatic rings. The molecule has 2 amide bonds. The highest BCUT2D eigenvalue weighted by Crippen LogP contribution is 2.06. The van der Waals surface area contributed by atoms with E-state index in [9.17, 15) is 4.79 Å². The lowest BCUT2D eigenvalue weighted by Gasteiger charge is -2.20. The Balaban J connectivity index is 2.41. The van der Waals surface area contributed by atoms with Gasteiger partial charge >= 0.3 is 6.03 Å². The number of rotatable bonds is 4. The third kappa shape index (κ3) is 5.71. The molecule has 0 saturated carbocycles. The van der Waals surface area contributed by atoms with E-state index in [1.54, 1.807) is 0 Å². The van der Waals surface area contributed by atoms with E-state index < -0.39 is 0 Å². The summed E-state index contributed by atoms with van der Waals surface area (Å²) in [5.74, 6) is 0. The first-order chi connectivity index (χ1) is 8.40. The van der Waals surface area contributed by atoms with Crippen molar-refractivity contribution >= 4 is 6.03 Å². The third-order valence-corrected chi connectivity index (χ3v) is 2.50. The van der Waals surface area contributed by atoms with Crippen LogP contribution in [-0.4, -0.2) is 11.6 Å². The van der Waals surface area contributed by atoms with Crippen LogP contribution in [0, 0.1) is 0 Å². The minimum absolute atomic E-state index is 0.125. The summed E-state index contributed by atoms with van der Waals surface area (Å²) in [5.41, 5.74) is 2.27. The average molecular weight is 248 g/mol. The molecule has 0 heterocycles. The fourth-order valence-electron chi connectivity index (χ4n) is 1.68. The molecule has 3 nitrogen and oxygen atoms in total. The van der Waals surface area contributed by atoms with Gasteiger partial charge in [-0.3, -0.25) is 0 Å². The van der Waals surface area contributed by atoms with Gasteiger partial charge in [0.15, 0.2) is 0 Å². The predicted octanol–water partition coefficient (Wildman–Crippen LogP) is 3.24. The van der Waals surface area contributed by atoms with E-state index in [0.29, 0.717) is 6.54 Å². The SMILES string of the molecule is CCCc1ccc(CNC(=O)NC(C)(C)C)cc1. The monoisotopic (exact) mass is 248 g/mol. The molecule has 0 bridgehead atoms. The Labute approximate surface area is 110 Å². The maximum atomic E-state index is 11.6. The molecule has 18 heavy (non-hydrogen) atoms.